The second-order valence-electron chi connectivity index (χ2n) is 7.28. The smallest absolute Gasteiger partial charge is 0.237 e. The van der Waals surface area contributed by atoms with Crippen LogP contribution >= 0.6 is 23.4 Å². The molecule has 1 saturated heterocycles. The Bertz CT molecular complexity index is 1000. The standard InChI is InChI=1S/C22H24ClN5OS/c1-16(21(29)24-19-12-6-5-11-18(19)23)30-22-26-25-20(15-27-13-7-8-14-27)28(22)17-9-3-2-4-10-17/h2-6,9-12,16H,7-8,13-15H2,1H3,(H,24,29). The van der Waals surface area contributed by atoms with Crippen LogP contribution in [0.5, 0.6) is 0 Å². The van der Waals surface area contributed by atoms with Gasteiger partial charge in [0.2, 0.25) is 5.91 Å². The van der Waals surface area contributed by atoms with Crippen molar-refractivity contribution < 1.29 is 4.79 Å². The lowest BCUT2D eigenvalue weighted by Gasteiger charge is -2.17. The Labute approximate surface area is 185 Å². The second-order valence-corrected chi connectivity index (χ2v) is 9.00. The number of nitrogens with zero attached hydrogens (tertiary/aromatic N) is 4. The predicted octanol–water partition coefficient (Wildman–Crippen LogP) is 4.64. The first kappa shape index (κ1) is 20.9. The lowest BCUT2D eigenvalue weighted by Crippen LogP contribution is -2.23. The number of aromatic nitrogens is 3. The number of benzene rings is 2. The van der Waals surface area contributed by atoms with Gasteiger partial charge in [-0.1, -0.05) is 53.7 Å². The van der Waals surface area contributed by atoms with Crippen molar-refractivity contribution >= 4 is 35.0 Å². The SMILES string of the molecule is CC(Sc1nnc(CN2CCCC2)n1-c1ccccc1)C(=O)Nc1ccccc1Cl. The van der Waals surface area contributed by atoms with E-state index in [4.69, 9.17) is 11.6 Å². The third-order valence-corrected chi connectivity index (χ3v) is 6.43. The molecular weight excluding hydrogens is 418 g/mol. The minimum Gasteiger partial charge on any atom is -0.324 e. The van der Waals surface area contributed by atoms with Crippen LogP contribution in [0.2, 0.25) is 5.02 Å². The third-order valence-electron chi connectivity index (χ3n) is 5.06. The molecule has 0 saturated carbocycles. The van der Waals surface area contributed by atoms with Crippen molar-refractivity contribution in [2.24, 2.45) is 0 Å². The lowest BCUT2D eigenvalue weighted by atomic mass is 10.3. The summed E-state index contributed by atoms with van der Waals surface area (Å²) in [5, 5.41) is 12.6. The molecule has 156 valence electrons. The normalized spacial score (nSPS) is 15.3. The van der Waals surface area contributed by atoms with E-state index in [9.17, 15) is 4.79 Å². The monoisotopic (exact) mass is 441 g/mol. The number of anilines is 1. The molecule has 4 rings (SSSR count). The van der Waals surface area contributed by atoms with Crippen LogP contribution in [0, 0.1) is 0 Å². The summed E-state index contributed by atoms with van der Waals surface area (Å²) in [6, 6.07) is 17.3. The number of carbonyl (C=O) groups excluding carboxylic acids is 1. The molecule has 1 amide bonds. The number of likely N-dealkylation sites (tertiary alicyclic amines) is 1. The van der Waals surface area contributed by atoms with Crippen molar-refractivity contribution in [1.29, 1.82) is 0 Å². The van der Waals surface area contributed by atoms with Gasteiger partial charge >= 0.3 is 0 Å². The molecule has 30 heavy (non-hydrogen) atoms. The third kappa shape index (κ3) is 4.86. The van der Waals surface area contributed by atoms with Crippen LogP contribution in [0.25, 0.3) is 5.69 Å². The molecule has 1 aliphatic heterocycles. The molecule has 1 unspecified atom stereocenters. The van der Waals surface area contributed by atoms with E-state index in [1.165, 1.54) is 24.6 Å². The van der Waals surface area contributed by atoms with Crippen LogP contribution in [0.15, 0.2) is 59.8 Å². The van der Waals surface area contributed by atoms with E-state index in [0.717, 1.165) is 31.1 Å². The topological polar surface area (TPSA) is 63.1 Å². The summed E-state index contributed by atoms with van der Waals surface area (Å²) in [5.41, 5.74) is 1.61. The Kier molecular flexibility index (Phi) is 6.72. The van der Waals surface area contributed by atoms with E-state index in [0.29, 0.717) is 15.9 Å². The molecular formula is C22H24ClN5OS. The highest BCUT2D eigenvalue weighted by Gasteiger charge is 2.23. The van der Waals surface area contributed by atoms with Gasteiger partial charge in [0.15, 0.2) is 11.0 Å². The van der Waals surface area contributed by atoms with Gasteiger partial charge in [-0.3, -0.25) is 14.3 Å². The summed E-state index contributed by atoms with van der Waals surface area (Å²) in [7, 11) is 0. The first-order valence-corrected chi connectivity index (χ1v) is 11.3. The van der Waals surface area contributed by atoms with Gasteiger partial charge in [-0.25, -0.2) is 0 Å². The van der Waals surface area contributed by atoms with Crippen LogP contribution < -0.4 is 5.32 Å². The van der Waals surface area contributed by atoms with Crippen molar-refractivity contribution in [2.75, 3.05) is 18.4 Å². The summed E-state index contributed by atoms with van der Waals surface area (Å²) in [6.07, 6.45) is 2.45. The van der Waals surface area contributed by atoms with E-state index in [2.05, 4.69) is 25.0 Å². The number of rotatable bonds is 7. The number of halogens is 1. The van der Waals surface area contributed by atoms with Gasteiger partial charge in [-0.15, -0.1) is 10.2 Å². The van der Waals surface area contributed by atoms with Crippen LogP contribution in [0.3, 0.4) is 0 Å². The lowest BCUT2D eigenvalue weighted by molar-refractivity contribution is -0.115. The minimum atomic E-state index is -0.368. The zero-order valence-corrected chi connectivity index (χ0v) is 18.4. The maximum atomic E-state index is 12.7. The Morgan fingerprint density at radius 2 is 1.80 bits per heavy atom. The highest BCUT2D eigenvalue weighted by molar-refractivity contribution is 8.00. The molecule has 1 aliphatic rings. The van der Waals surface area contributed by atoms with E-state index in [1.807, 2.05) is 49.4 Å². The largest absolute Gasteiger partial charge is 0.324 e. The van der Waals surface area contributed by atoms with E-state index in [1.54, 1.807) is 12.1 Å². The fraction of sp³-hybridized carbons (Fsp3) is 0.318. The minimum absolute atomic E-state index is 0.128. The average Bonchev–Trinajstić information content (AvgIpc) is 3.41. The molecule has 1 N–H and O–H groups in total. The summed E-state index contributed by atoms with van der Waals surface area (Å²) in [5.74, 6) is 0.765. The number of para-hydroxylation sites is 2. The molecule has 0 aliphatic carbocycles. The Morgan fingerprint density at radius 1 is 1.10 bits per heavy atom. The van der Waals surface area contributed by atoms with Crippen LogP contribution in [0.1, 0.15) is 25.6 Å². The van der Waals surface area contributed by atoms with Gasteiger partial charge in [0, 0.05) is 5.69 Å². The van der Waals surface area contributed by atoms with Crippen molar-refractivity contribution in [3.63, 3.8) is 0 Å². The molecule has 3 aromatic rings. The van der Waals surface area contributed by atoms with Gasteiger partial charge in [-0.2, -0.15) is 0 Å². The quantitative estimate of drug-likeness (QED) is 0.541. The molecule has 0 spiro atoms. The molecule has 1 atom stereocenters. The van der Waals surface area contributed by atoms with Crippen molar-refractivity contribution in [3.8, 4) is 5.69 Å². The Hall–Kier alpha value is -2.35. The predicted molar refractivity (Wildman–Crippen MR) is 121 cm³/mol. The summed E-state index contributed by atoms with van der Waals surface area (Å²) in [6.45, 7) is 4.78. The van der Waals surface area contributed by atoms with Gasteiger partial charge < -0.3 is 5.32 Å². The summed E-state index contributed by atoms with van der Waals surface area (Å²) in [4.78, 5) is 15.1. The second kappa shape index (κ2) is 9.64. The number of hydrogen-bond donors (Lipinski definition) is 1. The van der Waals surface area contributed by atoms with Gasteiger partial charge in [0.05, 0.1) is 22.5 Å². The van der Waals surface area contributed by atoms with Gasteiger partial charge in [0.1, 0.15) is 0 Å². The molecule has 0 radical (unpaired) electrons. The molecule has 6 nitrogen and oxygen atoms in total. The van der Waals surface area contributed by atoms with Gasteiger partial charge in [0.25, 0.3) is 0 Å². The molecule has 0 bridgehead atoms. The Balaban J connectivity index is 1.55. The maximum absolute atomic E-state index is 12.7. The van der Waals surface area contributed by atoms with E-state index in [-0.39, 0.29) is 11.2 Å². The van der Waals surface area contributed by atoms with Crippen LogP contribution in [0.4, 0.5) is 5.69 Å². The molecule has 1 fully saturated rings. The Morgan fingerprint density at radius 3 is 2.53 bits per heavy atom. The number of carbonyl (C=O) groups is 1. The fourth-order valence-electron chi connectivity index (χ4n) is 3.46. The average molecular weight is 442 g/mol. The van der Waals surface area contributed by atoms with Gasteiger partial charge in [-0.05, 0) is 57.1 Å². The molecule has 8 heteroatoms. The summed E-state index contributed by atoms with van der Waals surface area (Å²) < 4.78 is 2.06. The molecule has 2 aromatic carbocycles. The number of nitrogens with one attached hydrogen (secondary N) is 1. The number of hydrogen-bond acceptors (Lipinski definition) is 5. The van der Waals surface area contributed by atoms with Crippen molar-refractivity contribution in [3.05, 3.63) is 65.4 Å². The fourth-order valence-corrected chi connectivity index (χ4v) is 4.53. The first-order valence-electron chi connectivity index (χ1n) is 10.1. The van der Waals surface area contributed by atoms with Crippen molar-refractivity contribution in [2.45, 2.75) is 36.7 Å². The zero-order valence-electron chi connectivity index (χ0n) is 16.8. The number of thioether (sulfide) groups is 1. The highest BCUT2D eigenvalue weighted by Crippen LogP contribution is 2.28. The van der Waals surface area contributed by atoms with E-state index < -0.39 is 0 Å². The number of amides is 1. The highest BCUT2D eigenvalue weighted by atomic mass is 35.5. The van der Waals surface area contributed by atoms with Crippen LogP contribution in [-0.4, -0.2) is 43.9 Å². The van der Waals surface area contributed by atoms with Crippen LogP contribution in [-0.2, 0) is 11.3 Å². The maximum Gasteiger partial charge on any atom is 0.237 e. The van der Waals surface area contributed by atoms with E-state index >= 15 is 0 Å². The summed E-state index contributed by atoms with van der Waals surface area (Å²) >= 11 is 7.56. The zero-order chi connectivity index (χ0) is 20.9. The molecule has 2 heterocycles. The van der Waals surface area contributed by atoms with Crippen molar-refractivity contribution in [1.82, 2.24) is 19.7 Å². The molecule has 1 aromatic heterocycles. The first-order chi connectivity index (χ1) is 14.6.